The molecule has 0 fully saturated rings. The van der Waals surface area contributed by atoms with Crippen LogP contribution in [0.1, 0.15) is 0 Å². The number of nitrogens with zero attached hydrogens (tertiary/aromatic N) is 1. The summed E-state index contributed by atoms with van der Waals surface area (Å²) >= 11 is 0. The van der Waals surface area contributed by atoms with Gasteiger partial charge in [0.15, 0.2) is 5.03 Å². The summed E-state index contributed by atoms with van der Waals surface area (Å²) in [6, 6.07) is 16.1. The zero-order chi connectivity index (χ0) is 13.2. The fourth-order valence-electron chi connectivity index (χ4n) is 1.89. The maximum atomic E-state index is 12.5. The van der Waals surface area contributed by atoms with E-state index in [2.05, 4.69) is 10.2 Å². The first kappa shape index (κ1) is 11.8. The summed E-state index contributed by atoms with van der Waals surface area (Å²) in [4.78, 5) is 12.3. The first-order valence-electron chi connectivity index (χ1n) is 5.71. The van der Waals surface area contributed by atoms with Crippen molar-refractivity contribution in [2.24, 2.45) is 0 Å². The maximum absolute atomic E-state index is 12.5. The minimum Gasteiger partial charge on any atom is -0.267 e. The average molecular weight is 270 g/mol. The summed E-state index contributed by atoms with van der Waals surface area (Å²) in [6.07, 6.45) is 0. The van der Waals surface area contributed by atoms with Crippen molar-refractivity contribution >= 4 is 21.6 Å². The number of H-pyrrole nitrogens is 1. The number of aromatic nitrogens is 2. The van der Waals surface area contributed by atoms with E-state index in [9.17, 15) is 9.00 Å². The Morgan fingerprint density at radius 2 is 1.53 bits per heavy atom. The SMILES string of the molecule is O=c1[nH]nc(S(=O)c2ccccc2)c2ccccc12. The van der Waals surface area contributed by atoms with Crippen molar-refractivity contribution in [3.8, 4) is 0 Å². The molecule has 1 aromatic heterocycles. The predicted molar refractivity (Wildman–Crippen MR) is 73.5 cm³/mol. The van der Waals surface area contributed by atoms with Crippen molar-refractivity contribution in [3.63, 3.8) is 0 Å². The molecular weight excluding hydrogens is 260 g/mol. The summed E-state index contributed by atoms with van der Waals surface area (Å²) in [5.41, 5.74) is -0.274. The van der Waals surface area contributed by atoms with Gasteiger partial charge in [-0.3, -0.25) is 4.79 Å². The average Bonchev–Trinajstić information content (AvgIpc) is 2.48. The summed E-state index contributed by atoms with van der Waals surface area (Å²) in [6.45, 7) is 0. The molecule has 0 aliphatic rings. The molecule has 94 valence electrons. The molecule has 3 rings (SSSR count). The number of hydrogen-bond acceptors (Lipinski definition) is 3. The Labute approximate surface area is 111 Å². The summed E-state index contributed by atoms with van der Waals surface area (Å²) < 4.78 is 12.5. The molecule has 0 saturated heterocycles. The van der Waals surface area contributed by atoms with E-state index in [0.29, 0.717) is 20.7 Å². The van der Waals surface area contributed by atoms with Gasteiger partial charge in [0.05, 0.1) is 5.39 Å². The summed E-state index contributed by atoms with van der Waals surface area (Å²) in [5, 5.41) is 7.83. The number of benzene rings is 2. The molecule has 0 saturated carbocycles. The van der Waals surface area contributed by atoms with Crippen LogP contribution in [0.3, 0.4) is 0 Å². The third-order valence-corrected chi connectivity index (χ3v) is 4.16. The molecule has 2 aromatic carbocycles. The normalized spacial score (nSPS) is 12.4. The van der Waals surface area contributed by atoms with Crippen LogP contribution in [0.2, 0.25) is 0 Å². The van der Waals surface area contributed by atoms with E-state index in [4.69, 9.17) is 0 Å². The Hall–Kier alpha value is -2.27. The van der Waals surface area contributed by atoms with Crippen molar-refractivity contribution in [2.75, 3.05) is 0 Å². The molecule has 19 heavy (non-hydrogen) atoms. The van der Waals surface area contributed by atoms with Gasteiger partial charge in [-0.25, -0.2) is 9.31 Å². The fraction of sp³-hybridized carbons (Fsp3) is 0. The highest BCUT2D eigenvalue weighted by atomic mass is 32.2. The standard InChI is InChI=1S/C14H10N2O2S/c17-13-11-8-4-5-9-12(11)14(16-15-13)19(18)10-6-2-1-3-7-10/h1-9H,(H,15,17). The van der Waals surface area contributed by atoms with Crippen LogP contribution in [0.4, 0.5) is 0 Å². The number of hydrogen-bond donors (Lipinski definition) is 1. The van der Waals surface area contributed by atoms with Gasteiger partial charge in [-0.05, 0) is 18.2 Å². The van der Waals surface area contributed by atoms with E-state index in [0.717, 1.165) is 0 Å². The fourth-order valence-corrected chi connectivity index (χ4v) is 3.02. The van der Waals surface area contributed by atoms with Gasteiger partial charge >= 0.3 is 0 Å². The monoisotopic (exact) mass is 270 g/mol. The largest absolute Gasteiger partial charge is 0.272 e. The Morgan fingerprint density at radius 3 is 2.26 bits per heavy atom. The smallest absolute Gasteiger partial charge is 0.267 e. The molecular formula is C14H10N2O2S. The van der Waals surface area contributed by atoms with E-state index in [1.54, 1.807) is 36.4 Å². The van der Waals surface area contributed by atoms with Crippen LogP contribution in [-0.4, -0.2) is 14.4 Å². The second kappa shape index (κ2) is 4.78. The van der Waals surface area contributed by atoms with Crippen LogP contribution in [0, 0.1) is 0 Å². The second-order valence-electron chi connectivity index (χ2n) is 3.99. The number of aromatic amines is 1. The Bertz CT molecular complexity index is 812. The molecule has 1 atom stereocenters. The van der Waals surface area contributed by atoms with E-state index in [1.807, 2.05) is 18.2 Å². The highest BCUT2D eigenvalue weighted by Crippen LogP contribution is 2.20. The predicted octanol–water partition coefficient (Wildman–Crippen LogP) is 2.09. The van der Waals surface area contributed by atoms with E-state index in [-0.39, 0.29) is 5.56 Å². The van der Waals surface area contributed by atoms with Crippen LogP contribution in [-0.2, 0) is 10.8 Å². The number of nitrogens with one attached hydrogen (secondary N) is 1. The molecule has 1 N–H and O–H groups in total. The highest BCUT2D eigenvalue weighted by Gasteiger charge is 2.13. The van der Waals surface area contributed by atoms with Crippen LogP contribution in [0.15, 0.2) is 69.3 Å². The third kappa shape index (κ3) is 2.08. The van der Waals surface area contributed by atoms with Gasteiger partial charge in [0.25, 0.3) is 5.56 Å². The van der Waals surface area contributed by atoms with Crippen LogP contribution in [0.5, 0.6) is 0 Å². The van der Waals surface area contributed by atoms with Crippen LogP contribution >= 0.6 is 0 Å². The van der Waals surface area contributed by atoms with Gasteiger partial charge in [0.1, 0.15) is 10.8 Å². The lowest BCUT2D eigenvalue weighted by molar-refractivity contribution is 0.679. The van der Waals surface area contributed by atoms with Crippen molar-refractivity contribution in [1.29, 1.82) is 0 Å². The molecule has 0 bridgehead atoms. The highest BCUT2D eigenvalue weighted by molar-refractivity contribution is 7.85. The van der Waals surface area contributed by atoms with Crippen molar-refractivity contribution in [2.45, 2.75) is 9.92 Å². The molecule has 0 amide bonds. The van der Waals surface area contributed by atoms with Gasteiger partial charge in [-0.1, -0.05) is 36.4 Å². The van der Waals surface area contributed by atoms with Crippen molar-refractivity contribution in [1.82, 2.24) is 10.2 Å². The molecule has 0 spiro atoms. The second-order valence-corrected chi connectivity index (χ2v) is 5.38. The zero-order valence-corrected chi connectivity index (χ0v) is 10.7. The van der Waals surface area contributed by atoms with Crippen molar-refractivity contribution in [3.05, 3.63) is 65.0 Å². The van der Waals surface area contributed by atoms with Gasteiger partial charge < -0.3 is 0 Å². The Kier molecular flexibility index (Phi) is 2.97. The maximum Gasteiger partial charge on any atom is 0.272 e. The number of rotatable bonds is 2. The van der Waals surface area contributed by atoms with E-state index >= 15 is 0 Å². The Balaban J connectivity index is 2.25. The first-order valence-corrected chi connectivity index (χ1v) is 6.86. The lowest BCUT2D eigenvalue weighted by atomic mass is 10.2. The zero-order valence-electron chi connectivity index (χ0n) is 9.87. The minimum absolute atomic E-state index is 0.274. The van der Waals surface area contributed by atoms with Gasteiger partial charge in [-0.2, -0.15) is 5.10 Å². The lowest BCUT2D eigenvalue weighted by Crippen LogP contribution is -2.11. The molecule has 1 heterocycles. The quantitative estimate of drug-likeness (QED) is 0.775. The lowest BCUT2D eigenvalue weighted by Gasteiger charge is -2.04. The van der Waals surface area contributed by atoms with E-state index < -0.39 is 10.8 Å². The molecule has 0 aliphatic carbocycles. The minimum atomic E-state index is -1.41. The van der Waals surface area contributed by atoms with E-state index in [1.165, 1.54) is 0 Å². The Morgan fingerprint density at radius 1 is 0.895 bits per heavy atom. The van der Waals surface area contributed by atoms with Crippen LogP contribution in [0.25, 0.3) is 10.8 Å². The summed E-state index contributed by atoms with van der Waals surface area (Å²) in [7, 11) is -1.41. The van der Waals surface area contributed by atoms with Gasteiger partial charge in [-0.15, -0.1) is 0 Å². The topological polar surface area (TPSA) is 62.8 Å². The molecule has 3 aromatic rings. The van der Waals surface area contributed by atoms with Gasteiger partial charge in [0.2, 0.25) is 0 Å². The summed E-state index contributed by atoms with van der Waals surface area (Å²) in [5.74, 6) is 0. The molecule has 5 heteroatoms. The molecule has 4 nitrogen and oxygen atoms in total. The number of fused-ring (bicyclic) bond motifs is 1. The molecule has 0 aliphatic heterocycles. The van der Waals surface area contributed by atoms with Crippen molar-refractivity contribution < 1.29 is 4.21 Å². The third-order valence-electron chi connectivity index (χ3n) is 2.79. The first-order chi connectivity index (χ1) is 9.27. The molecule has 0 radical (unpaired) electrons. The van der Waals surface area contributed by atoms with Gasteiger partial charge in [0, 0.05) is 10.3 Å². The van der Waals surface area contributed by atoms with Crippen LogP contribution < -0.4 is 5.56 Å². The molecule has 1 unspecified atom stereocenters.